The van der Waals surface area contributed by atoms with E-state index < -0.39 is 0 Å². The average Bonchev–Trinajstić information content (AvgIpc) is 2.66. The van der Waals surface area contributed by atoms with Gasteiger partial charge >= 0.3 is 0 Å². The van der Waals surface area contributed by atoms with E-state index in [-0.39, 0.29) is 0 Å². The lowest BCUT2D eigenvalue weighted by Gasteiger charge is -2.04. The Morgan fingerprint density at radius 1 is 1.60 bits per heavy atom. The largest absolute Gasteiger partial charge is 0.499 e. The molecule has 0 aromatic rings. The quantitative estimate of drug-likeness (QED) is 0.545. The molecule has 1 aliphatic rings. The van der Waals surface area contributed by atoms with Gasteiger partial charge in [0.25, 0.3) is 0 Å². The van der Waals surface area contributed by atoms with Crippen molar-refractivity contribution in [2.45, 2.75) is 26.7 Å². The molecule has 2 atom stereocenters. The summed E-state index contributed by atoms with van der Waals surface area (Å²) >= 11 is 0. The van der Waals surface area contributed by atoms with Crippen LogP contribution in [0.2, 0.25) is 0 Å². The molecule has 0 aromatic heterocycles. The van der Waals surface area contributed by atoms with Gasteiger partial charge in [-0.15, -0.1) is 0 Å². The lowest BCUT2D eigenvalue weighted by atomic mass is 10.2. The van der Waals surface area contributed by atoms with E-state index in [0.29, 0.717) is 5.92 Å². The zero-order chi connectivity index (χ0) is 7.56. The zero-order valence-electron chi connectivity index (χ0n) is 6.89. The number of hydrogen-bond donors (Lipinski definition) is 0. The Hall–Kier alpha value is -0.460. The van der Waals surface area contributed by atoms with Crippen molar-refractivity contribution in [1.82, 2.24) is 0 Å². The van der Waals surface area contributed by atoms with E-state index >= 15 is 0 Å². The maximum absolute atomic E-state index is 5.30. The summed E-state index contributed by atoms with van der Waals surface area (Å²) in [6, 6.07) is 0. The average molecular weight is 140 g/mol. The Kier molecular flexibility index (Phi) is 2.36. The van der Waals surface area contributed by atoms with Gasteiger partial charge in [-0.2, -0.15) is 0 Å². The molecular formula is C9H16O. The molecule has 0 radical (unpaired) electrons. The SMILES string of the molecule is C=C(OCC)[C@H]1C[C@H]1CC. The lowest BCUT2D eigenvalue weighted by Crippen LogP contribution is -1.93. The van der Waals surface area contributed by atoms with Crippen LogP contribution >= 0.6 is 0 Å². The van der Waals surface area contributed by atoms with Crippen LogP contribution in [0.25, 0.3) is 0 Å². The van der Waals surface area contributed by atoms with E-state index in [4.69, 9.17) is 4.74 Å². The molecule has 1 nitrogen and oxygen atoms in total. The van der Waals surface area contributed by atoms with E-state index in [0.717, 1.165) is 18.3 Å². The third kappa shape index (κ3) is 1.53. The maximum Gasteiger partial charge on any atom is 0.0921 e. The number of rotatable bonds is 4. The minimum absolute atomic E-state index is 0.685. The second-order valence-electron chi connectivity index (χ2n) is 2.91. The van der Waals surface area contributed by atoms with Gasteiger partial charge < -0.3 is 4.74 Å². The summed E-state index contributed by atoms with van der Waals surface area (Å²) in [5, 5.41) is 0. The van der Waals surface area contributed by atoms with Gasteiger partial charge in [-0.3, -0.25) is 0 Å². The third-order valence-electron chi connectivity index (χ3n) is 2.19. The molecular weight excluding hydrogens is 124 g/mol. The Labute approximate surface area is 63.1 Å². The van der Waals surface area contributed by atoms with Gasteiger partial charge in [-0.05, 0) is 19.3 Å². The molecule has 10 heavy (non-hydrogen) atoms. The highest BCUT2D eigenvalue weighted by molar-refractivity contribution is 5.04. The van der Waals surface area contributed by atoms with Crippen LogP contribution in [0.1, 0.15) is 26.7 Å². The third-order valence-corrected chi connectivity index (χ3v) is 2.19. The fraction of sp³-hybridized carbons (Fsp3) is 0.778. The molecule has 1 heteroatoms. The Balaban J connectivity index is 2.19. The normalized spacial score (nSPS) is 29.8. The molecule has 58 valence electrons. The van der Waals surface area contributed by atoms with Crippen LogP contribution in [0.5, 0.6) is 0 Å². The second kappa shape index (κ2) is 3.09. The molecule has 0 aliphatic heterocycles. The van der Waals surface area contributed by atoms with Gasteiger partial charge in [0.15, 0.2) is 0 Å². The van der Waals surface area contributed by atoms with Gasteiger partial charge in [0, 0.05) is 5.92 Å². The molecule has 0 N–H and O–H groups in total. The number of hydrogen-bond acceptors (Lipinski definition) is 1. The van der Waals surface area contributed by atoms with Gasteiger partial charge in [-0.25, -0.2) is 0 Å². The first-order chi connectivity index (χ1) is 4.79. The zero-order valence-corrected chi connectivity index (χ0v) is 6.89. The van der Waals surface area contributed by atoms with E-state index in [9.17, 15) is 0 Å². The van der Waals surface area contributed by atoms with Crippen molar-refractivity contribution in [2.24, 2.45) is 11.8 Å². The topological polar surface area (TPSA) is 9.23 Å². The minimum atomic E-state index is 0.685. The maximum atomic E-state index is 5.30. The van der Waals surface area contributed by atoms with Crippen molar-refractivity contribution in [3.8, 4) is 0 Å². The lowest BCUT2D eigenvalue weighted by molar-refractivity contribution is 0.211. The van der Waals surface area contributed by atoms with Gasteiger partial charge in [0.05, 0.1) is 12.4 Å². The molecule has 1 rings (SSSR count). The van der Waals surface area contributed by atoms with Crippen molar-refractivity contribution in [3.63, 3.8) is 0 Å². The molecule has 1 fully saturated rings. The number of ether oxygens (including phenoxy) is 1. The predicted molar refractivity (Wildman–Crippen MR) is 42.7 cm³/mol. The van der Waals surface area contributed by atoms with Crippen LogP contribution in [-0.4, -0.2) is 6.61 Å². The fourth-order valence-electron chi connectivity index (χ4n) is 1.39. The molecule has 1 saturated carbocycles. The summed E-state index contributed by atoms with van der Waals surface area (Å²) in [6.07, 6.45) is 2.58. The van der Waals surface area contributed by atoms with E-state index in [1.165, 1.54) is 12.8 Å². The molecule has 0 bridgehead atoms. The van der Waals surface area contributed by atoms with Crippen LogP contribution in [0.4, 0.5) is 0 Å². The van der Waals surface area contributed by atoms with E-state index in [1.54, 1.807) is 0 Å². The molecule has 0 spiro atoms. The Morgan fingerprint density at radius 3 is 2.70 bits per heavy atom. The monoisotopic (exact) mass is 140 g/mol. The van der Waals surface area contributed by atoms with Crippen molar-refractivity contribution in [2.75, 3.05) is 6.61 Å². The molecule has 0 heterocycles. The highest BCUT2D eigenvalue weighted by Crippen LogP contribution is 2.45. The molecule has 1 aliphatic carbocycles. The molecule has 0 unspecified atom stereocenters. The van der Waals surface area contributed by atoms with Crippen molar-refractivity contribution in [1.29, 1.82) is 0 Å². The first-order valence-electron chi connectivity index (χ1n) is 4.11. The highest BCUT2D eigenvalue weighted by atomic mass is 16.5. The Bertz CT molecular complexity index is 129. The summed E-state index contributed by atoms with van der Waals surface area (Å²) in [5.41, 5.74) is 0. The van der Waals surface area contributed by atoms with Gasteiger partial charge in [0.2, 0.25) is 0 Å². The van der Waals surface area contributed by atoms with Crippen molar-refractivity contribution < 1.29 is 4.74 Å². The number of allylic oxidation sites excluding steroid dienone is 1. The molecule has 0 saturated heterocycles. The summed E-state index contributed by atoms with van der Waals surface area (Å²) in [5.74, 6) is 2.57. The smallest absolute Gasteiger partial charge is 0.0921 e. The second-order valence-corrected chi connectivity index (χ2v) is 2.91. The molecule has 0 aromatic carbocycles. The van der Waals surface area contributed by atoms with E-state index in [2.05, 4.69) is 13.5 Å². The van der Waals surface area contributed by atoms with Crippen LogP contribution in [-0.2, 0) is 4.74 Å². The summed E-state index contributed by atoms with van der Waals surface area (Å²) in [4.78, 5) is 0. The fourth-order valence-corrected chi connectivity index (χ4v) is 1.39. The van der Waals surface area contributed by atoms with Gasteiger partial charge in [-0.1, -0.05) is 19.9 Å². The van der Waals surface area contributed by atoms with Crippen LogP contribution in [0.3, 0.4) is 0 Å². The summed E-state index contributed by atoms with van der Waals surface area (Å²) in [7, 11) is 0. The van der Waals surface area contributed by atoms with Crippen LogP contribution < -0.4 is 0 Å². The Morgan fingerprint density at radius 2 is 2.30 bits per heavy atom. The van der Waals surface area contributed by atoms with Gasteiger partial charge in [0.1, 0.15) is 0 Å². The van der Waals surface area contributed by atoms with Crippen molar-refractivity contribution >= 4 is 0 Å². The first kappa shape index (κ1) is 7.64. The minimum Gasteiger partial charge on any atom is -0.499 e. The highest BCUT2D eigenvalue weighted by Gasteiger charge is 2.38. The summed E-state index contributed by atoms with van der Waals surface area (Å²) in [6.45, 7) is 8.89. The molecule has 0 amide bonds. The first-order valence-corrected chi connectivity index (χ1v) is 4.11. The standard InChI is InChI=1S/C9H16O/c1-4-8-6-9(8)7(3)10-5-2/h8-9H,3-6H2,1-2H3/t8-,9-/m1/s1. The van der Waals surface area contributed by atoms with E-state index in [1.807, 2.05) is 6.92 Å². The van der Waals surface area contributed by atoms with Crippen LogP contribution in [0.15, 0.2) is 12.3 Å². The van der Waals surface area contributed by atoms with Crippen LogP contribution in [0, 0.1) is 11.8 Å². The summed E-state index contributed by atoms with van der Waals surface area (Å²) < 4.78 is 5.30. The van der Waals surface area contributed by atoms with Crippen molar-refractivity contribution in [3.05, 3.63) is 12.3 Å². The predicted octanol–water partition coefficient (Wildman–Crippen LogP) is 2.58.